The number of carbonyl (C=O) groups excluding carboxylic acids is 1. The fourth-order valence-electron chi connectivity index (χ4n) is 2.54. The van der Waals surface area contributed by atoms with Crippen LogP contribution in [0.2, 0.25) is 0 Å². The second-order valence-electron chi connectivity index (χ2n) is 5.26. The molecule has 0 unspecified atom stereocenters. The van der Waals surface area contributed by atoms with Crippen molar-refractivity contribution in [2.45, 2.75) is 32.2 Å². The van der Waals surface area contributed by atoms with Gasteiger partial charge in [-0.3, -0.25) is 9.59 Å². The maximum absolute atomic E-state index is 12.3. The lowest BCUT2D eigenvalue weighted by atomic mass is 10.0. The summed E-state index contributed by atoms with van der Waals surface area (Å²) in [5.41, 5.74) is 1.01. The van der Waals surface area contributed by atoms with E-state index in [0.29, 0.717) is 6.54 Å². The van der Waals surface area contributed by atoms with Gasteiger partial charge in [0, 0.05) is 18.1 Å². The molecule has 0 saturated carbocycles. The minimum absolute atomic E-state index is 0.168. The van der Waals surface area contributed by atoms with Gasteiger partial charge in [-0.25, -0.2) is 4.98 Å². The number of hydrogen-bond acceptors (Lipinski definition) is 4. The van der Waals surface area contributed by atoms with E-state index in [1.54, 1.807) is 35.4 Å². The van der Waals surface area contributed by atoms with E-state index in [0.717, 1.165) is 17.8 Å². The molecule has 5 nitrogen and oxygen atoms in total. The molecule has 0 aliphatic heterocycles. The summed E-state index contributed by atoms with van der Waals surface area (Å²) in [7, 11) is 1.70. The van der Waals surface area contributed by atoms with Crippen LogP contribution in [0.1, 0.15) is 38.8 Å². The Balaban J connectivity index is 1.75. The standard InChI is InChI=1S/C15H17N3O2S/c1-18(15(20)10-5-4-8-16-14(10)19)9-13-17-11-6-2-3-7-12(11)21-13/h4-5,8H,2-3,6-7,9H2,1H3,(H,16,19). The van der Waals surface area contributed by atoms with Crippen molar-refractivity contribution in [3.8, 4) is 0 Å². The molecule has 0 atom stereocenters. The lowest BCUT2D eigenvalue weighted by molar-refractivity contribution is 0.0783. The molecule has 2 heterocycles. The number of amides is 1. The minimum Gasteiger partial charge on any atom is -0.335 e. The van der Waals surface area contributed by atoms with Crippen LogP contribution >= 0.6 is 11.3 Å². The van der Waals surface area contributed by atoms with Crippen LogP contribution in [0.15, 0.2) is 23.1 Å². The quantitative estimate of drug-likeness (QED) is 0.943. The third-order valence-electron chi connectivity index (χ3n) is 3.66. The number of thiazole rings is 1. The van der Waals surface area contributed by atoms with Crippen LogP contribution in [-0.2, 0) is 19.4 Å². The zero-order valence-corrected chi connectivity index (χ0v) is 12.7. The van der Waals surface area contributed by atoms with Crippen LogP contribution in [0.5, 0.6) is 0 Å². The zero-order valence-electron chi connectivity index (χ0n) is 11.9. The second kappa shape index (κ2) is 5.81. The highest BCUT2D eigenvalue weighted by molar-refractivity contribution is 7.11. The predicted octanol–water partition coefficient (Wildman–Crippen LogP) is 1.98. The van der Waals surface area contributed by atoms with E-state index in [2.05, 4.69) is 9.97 Å². The Morgan fingerprint density at radius 2 is 2.24 bits per heavy atom. The van der Waals surface area contributed by atoms with E-state index < -0.39 is 0 Å². The van der Waals surface area contributed by atoms with Gasteiger partial charge in [-0.2, -0.15) is 0 Å². The van der Waals surface area contributed by atoms with E-state index in [-0.39, 0.29) is 17.0 Å². The van der Waals surface area contributed by atoms with Crippen molar-refractivity contribution < 1.29 is 4.79 Å². The number of aromatic nitrogens is 2. The SMILES string of the molecule is CN(Cc1nc2c(s1)CCCC2)C(=O)c1ccc[nH]c1=O. The minimum atomic E-state index is -0.354. The molecule has 0 aromatic carbocycles. The molecule has 1 amide bonds. The summed E-state index contributed by atoms with van der Waals surface area (Å²) >= 11 is 1.69. The topological polar surface area (TPSA) is 66.1 Å². The first-order chi connectivity index (χ1) is 10.1. The smallest absolute Gasteiger partial charge is 0.260 e. The van der Waals surface area contributed by atoms with Crippen LogP contribution in [0.3, 0.4) is 0 Å². The molecule has 2 aromatic rings. The Bertz CT molecular complexity index is 696. The van der Waals surface area contributed by atoms with Gasteiger partial charge in [0.25, 0.3) is 11.5 Å². The number of rotatable bonds is 3. The van der Waals surface area contributed by atoms with Crippen molar-refractivity contribution in [3.05, 3.63) is 49.8 Å². The van der Waals surface area contributed by atoms with Crippen LogP contribution in [-0.4, -0.2) is 27.8 Å². The summed E-state index contributed by atoms with van der Waals surface area (Å²) < 4.78 is 0. The van der Waals surface area contributed by atoms with Crippen molar-refractivity contribution in [1.82, 2.24) is 14.9 Å². The van der Waals surface area contributed by atoms with Crippen molar-refractivity contribution in [3.63, 3.8) is 0 Å². The Kier molecular flexibility index (Phi) is 3.88. The fraction of sp³-hybridized carbons (Fsp3) is 0.400. The number of H-pyrrole nitrogens is 1. The number of aryl methyl sites for hydroxylation is 2. The Hall–Kier alpha value is -1.95. The summed E-state index contributed by atoms with van der Waals surface area (Å²) in [4.78, 5) is 34.0. The van der Waals surface area contributed by atoms with Gasteiger partial charge in [-0.05, 0) is 37.8 Å². The van der Waals surface area contributed by atoms with Crippen LogP contribution in [0, 0.1) is 0 Å². The molecule has 0 spiro atoms. The maximum atomic E-state index is 12.3. The fourth-order valence-corrected chi connectivity index (χ4v) is 3.75. The molecule has 0 bridgehead atoms. The summed E-state index contributed by atoms with van der Waals surface area (Å²) in [5, 5.41) is 0.949. The molecule has 2 aromatic heterocycles. The van der Waals surface area contributed by atoms with Gasteiger partial charge in [0.15, 0.2) is 0 Å². The summed E-state index contributed by atoms with van der Waals surface area (Å²) in [6.07, 6.45) is 6.09. The van der Waals surface area contributed by atoms with Gasteiger partial charge in [-0.15, -0.1) is 11.3 Å². The second-order valence-corrected chi connectivity index (χ2v) is 6.43. The van der Waals surface area contributed by atoms with Gasteiger partial charge < -0.3 is 9.88 Å². The third kappa shape index (κ3) is 2.90. The van der Waals surface area contributed by atoms with Gasteiger partial charge >= 0.3 is 0 Å². The van der Waals surface area contributed by atoms with Gasteiger partial charge in [-0.1, -0.05) is 0 Å². The number of aromatic amines is 1. The van der Waals surface area contributed by atoms with E-state index in [9.17, 15) is 9.59 Å². The molecule has 0 fully saturated rings. The van der Waals surface area contributed by atoms with Gasteiger partial charge in [0.2, 0.25) is 0 Å². The highest BCUT2D eigenvalue weighted by Crippen LogP contribution is 2.27. The Labute approximate surface area is 126 Å². The van der Waals surface area contributed by atoms with Crippen LogP contribution in [0.25, 0.3) is 0 Å². The number of nitrogens with zero attached hydrogens (tertiary/aromatic N) is 2. The molecule has 6 heteroatoms. The van der Waals surface area contributed by atoms with E-state index in [1.165, 1.54) is 29.6 Å². The first-order valence-electron chi connectivity index (χ1n) is 7.06. The van der Waals surface area contributed by atoms with Crippen molar-refractivity contribution in [2.75, 3.05) is 7.05 Å². The normalized spacial score (nSPS) is 13.8. The van der Waals surface area contributed by atoms with E-state index >= 15 is 0 Å². The molecule has 0 saturated heterocycles. The number of carbonyl (C=O) groups is 1. The number of hydrogen-bond donors (Lipinski definition) is 1. The predicted molar refractivity (Wildman–Crippen MR) is 81.6 cm³/mol. The molecule has 1 N–H and O–H groups in total. The highest BCUT2D eigenvalue weighted by atomic mass is 32.1. The molecule has 0 radical (unpaired) electrons. The van der Waals surface area contributed by atoms with Crippen LogP contribution in [0.4, 0.5) is 0 Å². The Morgan fingerprint density at radius 1 is 1.43 bits per heavy atom. The van der Waals surface area contributed by atoms with Gasteiger partial charge in [0.05, 0.1) is 12.2 Å². The van der Waals surface area contributed by atoms with Gasteiger partial charge in [0.1, 0.15) is 10.6 Å². The molecule has 21 heavy (non-hydrogen) atoms. The zero-order chi connectivity index (χ0) is 14.8. The lowest BCUT2D eigenvalue weighted by Gasteiger charge is -2.14. The average molecular weight is 303 g/mol. The monoisotopic (exact) mass is 303 g/mol. The number of nitrogens with one attached hydrogen (secondary N) is 1. The molecule has 110 valence electrons. The van der Waals surface area contributed by atoms with Crippen molar-refractivity contribution >= 4 is 17.2 Å². The summed E-state index contributed by atoms with van der Waals surface area (Å²) in [6.45, 7) is 0.449. The molecular formula is C15H17N3O2S. The lowest BCUT2D eigenvalue weighted by Crippen LogP contribution is -2.31. The summed E-state index contributed by atoms with van der Waals surface area (Å²) in [5.74, 6) is -0.273. The van der Waals surface area contributed by atoms with Crippen molar-refractivity contribution in [1.29, 1.82) is 0 Å². The van der Waals surface area contributed by atoms with E-state index in [4.69, 9.17) is 0 Å². The summed E-state index contributed by atoms with van der Waals surface area (Å²) in [6, 6.07) is 3.20. The van der Waals surface area contributed by atoms with Crippen LogP contribution < -0.4 is 5.56 Å². The van der Waals surface area contributed by atoms with Crippen molar-refractivity contribution in [2.24, 2.45) is 0 Å². The first kappa shape index (κ1) is 14.0. The molecular weight excluding hydrogens is 286 g/mol. The third-order valence-corrected chi connectivity index (χ3v) is 4.80. The van der Waals surface area contributed by atoms with E-state index in [1.807, 2.05) is 0 Å². The first-order valence-corrected chi connectivity index (χ1v) is 7.87. The molecule has 1 aliphatic carbocycles. The number of pyridine rings is 1. The molecule has 3 rings (SSSR count). The largest absolute Gasteiger partial charge is 0.335 e. The molecule has 1 aliphatic rings. The maximum Gasteiger partial charge on any atom is 0.260 e. The Morgan fingerprint density at radius 3 is 3.00 bits per heavy atom. The average Bonchev–Trinajstić information content (AvgIpc) is 2.89. The number of fused-ring (bicyclic) bond motifs is 1. The highest BCUT2D eigenvalue weighted by Gasteiger charge is 2.19.